The number of hydrogen-bond acceptors (Lipinski definition) is 5. The first-order chi connectivity index (χ1) is 10.0. The molecule has 2 aromatic rings. The van der Waals surface area contributed by atoms with Crippen molar-refractivity contribution in [3.63, 3.8) is 0 Å². The standard InChI is InChI=1S/C14H18FN5O/c1-9-11(15)6-10(7-12(9)16)13-17-18-19-20(13)8-14(21-2)4-3-5-14/h6-7H,3-5,8,16H2,1-2H3. The van der Waals surface area contributed by atoms with E-state index in [9.17, 15) is 4.39 Å². The van der Waals surface area contributed by atoms with Gasteiger partial charge in [-0.25, -0.2) is 9.07 Å². The molecule has 0 aliphatic heterocycles. The van der Waals surface area contributed by atoms with Crippen LogP contribution in [0.4, 0.5) is 10.1 Å². The Morgan fingerprint density at radius 1 is 1.43 bits per heavy atom. The topological polar surface area (TPSA) is 78.8 Å². The van der Waals surface area contributed by atoms with Crippen LogP contribution < -0.4 is 5.73 Å². The molecule has 2 N–H and O–H groups in total. The zero-order valence-corrected chi connectivity index (χ0v) is 12.1. The Kier molecular flexibility index (Phi) is 3.36. The Morgan fingerprint density at radius 2 is 2.19 bits per heavy atom. The van der Waals surface area contributed by atoms with Gasteiger partial charge in [0, 0.05) is 23.9 Å². The average molecular weight is 291 g/mol. The first-order valence-corrected chi connectivity index (χ1v) is 6.92. The average Bonchev–Trinajstić information content (AvgIpc) is 2.87. The largest absolute Gasteiger partial charge is 0.398 e. The molecule has 1 aromatic heterocycles. The third kappa shape index (κ3) is 2.37. The van der Waals surface area contributed by atoms with Crippen LogP contribution in [0.1, 0.15) is 24.8 Å². The van der Waals surface area contributed by atoms with E-state index in [2.05, 4.69) is 15.5 Å². The molecular weight excluding hydrogens is 273 g/mol. The molecular formula is C14H18FN5O. The van der Waals surface area contributed by atoms with Gasteiger partial charge in [0.1, 0.15) is 5.82 Å². The normalized spacial score (nSPS) is 16.7. The van der Waals surface area contributed by atoms with Crippen molar-refractivity contribution in [3.05, 3.63) is 23.5 Å². The molecule has 7 heteroatoms. The van der Waals surface area contributed by atoms with Crippen molar-refractivity contribution in [3.8, 4) is 11.4 Å². The minimum absolute atomic E-state index is 0.209. The van der Waals surface area contributed by atoms with E-state index in [4.69, 9.17) is 10.5 Å². The molecule has 0 atom stereocenters. The van der Waals surface area contributed by atoms with Crippen LogP contribution in [0.2, 0.25) is 0 Å². The van der Waals surface area contributed by atoms with E-state index in [0.717, 1.165) is 19.3 Å². The number of nitrogen functional groups attached to an aromatic ring is 1. The van der Waals surface area contributed by atoms with E-state index in [-0.39, 0.29) is 11.4 Å². The van der Waals surface area contributed by atoms with Crippen LogP contribution in [0.5, 0.6) is 0 Å². The molecule has 0 unspecified atom stereocenters. The number of halogens is 1. The van der Waals surface area contributed by atoms with Crippen LogP contribution >= 0.6 is 0 Å². The number of hydrogen-bond donors (Lipinski definition) is 1. The third-order valence-electron chi connectivity index (χ3n) is 4.31. The highest BCUT2D eigenvalue weighted by molar-refractivity contribution is 5.63. The van der Waals surface area contributed by atoms with Gasteiger partial charge in [0.25, 0.3) is 0 Å². The minimum Gasteiger partial charge on any atom is -0.398 e. The van der Waals surface area contributed by atoms with Crippen molar-refractivity contribution in [2.75, 3.05) is 12.8 Å². The Morgan fingerprint density at radius 3 is 2.76 bits per heavy atom. The molecule has 0 amide bonds. The van der Waals surface area contributed by atoms with Crippen LogP contribution in [0.25, 0.3) is 11.4 Å². The number of ether oxygens (including phenoxy) is 1. The van der Waals surface area contributed by atoms with Crippen LogP contribution in [0.15, 0.2) is 12.1 Å². The molecule has 3 rings (SSSR count). The first-order valence-electron chi connectivity index (χ1n) is 6.92. The maximum Gasteiger partial charge on any atom is 0.182 e. The van der Waals surface area contributed by atoms with Crippen molar-refractivity contribution in [2.45, 2.75) is 38.3 Å². The van der Waals surface area contributed by atoms with E-state index in [1.54, 1.807) is 24.8 Å². The second-order valence-corrected chi connectivity index (χ2v) is 5.57. The fourth-order valence-corrected chi connectivity index (χ4v) is 2.62. The summed E-state index contributed by atoms with van der Waals surface area (Å²) in [5, 5.41) is 11.7. The summed E-state index contributed by atoms with van der Waals surface area (Å²) >= 11 is 0. The number of methoxy groups -OCH3 is 1. The predicted molar refractivity (Wildman–Crippen MR) is 76.0 cm³/mol. The highest BCUT2D eigenvalue weighted by Crippen LogP contribution is 2.37. The summed E-state index contributed by atoms with van der Waals surface area (Å²) in [6.07, 6.45) is 3.10. The van der Waals surface area contributed by atoms with Crippen molar-refractivity contribution in [1.82, 2.24) is 20.2 Å². The number of benzene rings is 1. The number of nitrogens with zero attached hydrogens (tertiary/aromatic N) is 4. The zero-order valence-electron chi connectivity index (χ0n) is 12.1. The molecule has 0 spiro atoms. The van der Waals surface area contributed by atoms with Crippen molar-refractivity contribution in [1.29, 1.82) is 0 Å². The Balaban J connectivity index is 1.95. The van der Waals surface area contributed by atoms with Crippen LogP contribution in [0.3, 0.4) is 0 Å². The Bertz CT molecular complexity index is 637. The summed E-state index contributed by atoms with van der Waals surface area (Å²) in [6.45, 7) is 2.20. The van der Waals surface area contributed by atoms with E-state index in [1.807, 2.05) is 0 Å². The van der Waals surface area contributed by atoms with Crippen LogP contribution in [0, 0.1) is 12.7 Å². The summed E-state index contributed by atoms with van der Waals surface area (Å²) in [7, 11) is 1.70. The fraction of sp³-hybridized carbons (Fsp3) is 0.500. The Hall–Kier alpha value is -2.02. The summed E-state index contributed by atoms with van der Waals surface area (Å²) < 4.78 is 21.1. The molecule has 1 aromatic carbocycles. The maximum absolute atomic E-state index is 13.9. The second kappa shape index (κ2) is 5.07. The lowest BCUT2D eigenvalue weighted by molar-refractivity contribution is -0.0855. The van der Waals surface area contributed by atoms with Crippen LogP contribution in [-0.2, 0) is 11.3 Å². The van der Waals surface area contributed by atoms with E-state index in [1.165, 1.54) is 6.07 Å². The number of rotatable bonds is 4. The summed E-state index contributed by atoms with van der Waals surface area (Å²) in [6, 6.07) is 3.11. The van der Waals surface area contributed by atoms with Gasteiger partial charge >= 0.3 is 0 Å². The fourth-order valence-electron chi connectivity index (χ4n) is 2.62. The molecule has 21 heavy (non-hydrogen) atoms. The van der Waals surface area contributed by atoms with Gasteiger partial charge in [-0.05, 0) is 48.7 Å². The Labute approximate surface area is 122 Å². The van der Waals surface area contributed by atoms with Gasteiger partial charge in [-0.1, -0.05) is 0 Å². The summed E-state index contributed by atoms with van der Waals surface area (Å²) in [4.78, 5) is 0. The number of aromatic nitrogens is 4. The van der Waals surface area contributed by atoms with Gasteiger partial charge in [-0.3, -0.25) is 0 Å². The molecule has 1 saturated carbocycles. The van der Waals surface area contributed by atoms with Gasteiger partial charge in [0.05, 0.1) is 12.1 Å². The molecule has 1 aliphatic rings. The predicted octanol–water partition coefficient (Wildman–Crippen LogP) is 1.94. The second-order valence-electron chi connectivity index (χ2n) is 5.57. The molecule has 0 bridgehead atoms. The van der Waals surface area contributed by atoms with Gasteiger partial charge in [0.2, 0.25) is 0 Å². The molecule has 0 radical (unpaired) electrons. The quantitative estimate of drug-likeness (QED) is 0.871. The van der Waals surface area contributed by atoms with Crippen molar-refractivity contribution in [2.24, 2.45) is 0 Å². The van der Waals surface area contributed by atoms with Gasteiger partial charge in [0.15, 0.2) is 5.82 Å². The molecule has 1 aliphatic carbocycles. The van der Waals surface area contributed by atoms with Gasteiger partial charge in [-0.15, -0.1) is 5.10 Å². The first kappa shape index (κ1) is 13.9. The van der Waals surface area contributed by atoms with Crippen molar-refractivity contribution < 1.29 is 9.13 Å². The van der Waals surface area contributed by atoms with E-state index < -0.39 is 0 Å². The van der Waals surface area contributed by atoms with Gasteiger partial charge < -0.3 is 10.5 Å². The third-order valence-corrected chi connectivity index (χ3v) is 4.31. The van der Waals surface area contributed by atoms with Crippen LogP contribution in [-0.4, -0.2) is 32.9 Å². The highest BCUT2D eigenvalue weighted by atomic mass is 19.1. The lowest BCUT2D eigenvalue weighted by atomic mass is 9.80. The maximum atomic E-state index is 13.9. The monoisotopic (exact) mass is 291 g/mol. The minimum atomic E-state index is -0.357. The lowest BCUT2D eigenvalue weighted by Gasteiger charge is -2.40. The lowest BCUT2D eigenvalue weighted by Crippen LogP contribution is -2.43. The summed E-state index contributed by atoms with van der Waals surface area (Å²) in [5.74, 6) is 0.147. The molecule has 6 nitrogen and oxygen atoms in total. The molecule has 1 fully saturated rings. The van der Waals surface area contributed by atoms with Gasteiger partial charge in [-0.2, -0.15) is 0 Å². The number of nitrogens with two attached hydrogens (primary N) is 1. The van der Waals surface area contributed by atoms with E-state index >= 15 is 0 Å². The number of anilines is 1. The smallest absolute Gasteiger partial charge is 0.182 e. The number of tetrazole rings is 1. The van der Waals surface area contributed by atoms with E-state index in [0.29, 0.717) is 29.2 Å². The zero-order chi connectivity index (χ0) is 15.0. The van der Waals surface area contributed by atoms with Crippen molar-refractivity contribution >= 4 is 5.69 Å². The molecule has 112 valence electrons. The summed E-state index contributed by atoms with van der Waals surface area (Å²) in [5.41, 5.74) is 7.02. The highest BCUT2D eigenvalue weighted by Gasteiger charge is 2.38. The molecule has 1 heterocycles. The molecule has 0 saturated heterocycles. The SMILES string of the molecule is COC1(Cn2nnnc2-c2cc(N)c(C)c(F)c2)CCC1.